The van der Waals surface area contributed by atoms with Crippen LogP contribution in [0.5, 0.6) is 0 Å². The normalized spacial score (nSPS) is 48.3. The van der Waals surface area contributed by atoms with Gasteiger partial charge in [0.05, 0.1) is 65.0 Å². The van der Waals surface area contributed by atoms with Gasteiger partial charge in [-0.05, 0) is 6.92 Å². The molecule has 44 heteroatoms. The minimum Gasteiger partial charge on any atom is -0.394 e. The lowest BCUT2D eigenvalue weighted by atomic mass is 9.92. The van der Waals surface area contributed by atoms with Crippen LogP contribution >= 0.6 is 0 Å². The number of aliphatic hydroxyl groups excluding tert-OH is 21. The van der Waals surface area contributed by atoms with Gasteiger partial charge in [0.15, 0.2) is 44.0 Å². The highest BCUT2D eigenvalue weighted by molar-refractivity contribution is 5.74. The Kier molecular flexibility index (Phi) is 29.9. The summed E-state index contributed by atoms with van der Waals surface area (Å²) >= 11 is 0. The van der Waals surface area contributed by atoms with Crippen molar-refractivity contribution in [2.45, 2.75) is 280 Å². The van der Waals surface area contributed by atoms with Crippen LogP contribution in [0.25, 0.3) is 0 Å². The molecule has 8 saturated heterocycles. The van der Waals surface area contributed by atoms with Gasteiger partial charge in [-0.3, -0.25) is 19.2 Å². The van der Waals surface area contributed by atoms with Gasteiger partial charge in [-0.2, -0.15) is 0 Å². The number of carbonyl (C=O) groups is 4. The molecule has 584 valence electrons. The highest BCUT2D eigenvalue weighted by Gasteiger charge is 2.60. The number of hydrogen-bond donors (Lipinski definition) is 25. The van der Waals surface area contributed by atoms with Crippen molar-refractivity contribution in [1.82, 2.24) is 21.3 Å². The summed E-state index contributed by atoms with van der Waals surface area (Å²) in [4.78, 5) is 50.4. The third kappa shape index (κ3) is 18.5. The van der Waals surface area contributed by atoms with Crippen LogP contribution in [0.3, 0.4) is 0 Å². The number of ether oxygens (including phenoxy) is 15. The first-order valence-corrected chi connectivity index (χ1v) is 32.4. The van der Waals surface area contributed by atoms with Crippen LogP contribution in [0.15, 0.2) is 0 Å². The number of nitrogens with one attached hydrogen (secondary N) is 4. The maximum absolute atomic E-state index is 12.9. The Morgan fingerprint density at radius 3 is 0.980 bits per heavy atom. The number of amides is 4. The van der Waals surface area contributed by atoms with Crippen LogP contribution in [-0.2, 0) is 90.2 Å². The molecule has 0 radical (unpaired) electrons. The molecule has 0 aromatic heterocycles. The lowest BCUT2D eigenvalue weighted by Gasteiger charge is -2.51. The van der Waals surface area contributed by atoms with E-state index in [1.807, 2.05) is 0 Å². The van der Waals surface area contributed by atoms with Gasteiger partial charge >= 0.3 is 0 Å². The topological polar surface area (TPSA) is 680 Å². The van der Waals surface area contributed by atoms with Crippen molar-refractivity contribution in [1.29, 1.82) is 0 Å². The molecule has 8 aliphatic heterocycles. The average Bonchev–Trinajstić information content (AvgIpc) is 0.773. The molecule has 44 nitrogen and oxygen atoms in total. The fraction of sp³-hybridized carbons (Fsp3) is 0.930. The van der Waals surface area contributed by atoms with Crippen molar-refractivity contribution >= 4 is 23.6 Å². The van der Waals surface area contributed by atoms with E-state index in [2.05, 4.69) is 21.3 Å². The van der Waals surface area contributed by atoms with E-state index in [9.17, 15) is 126 Å². The van der Waals surface area contributed by atoms with Gasteiger partial charge in [0.25, 0.3) is 0 Å². The summed E-state index contributed by atoms with van der Waals surface area (Å²) in [5, 5.41) is 242. The first-order valence-electron chi connectivity index (χ1n) is 32.4. The zero-order chi connectivity index (χ0) is 74.5. The molecule has 101 heavy (non-hydrogen) atoms. The highest BCUT2D eigenvalue weighted by atomic mass is 16.8. The molecule has 8 aliphatic rings. The molecule has 4 amide bonds. The van der Waals surface area contributed by atoms with Crippen molar-refractivity contribution in [2.75, 3.05) is 52.9 Å². The van der Waals surface area contributed by atoms with Crippen molar-refractivity contribution in [2.24, 2.45) is 0 Å². The first kappa shape index (κ1) is 83.1. The second kappa shape index (κ2) is 36.4. The monoisotopic (exact) mass is 1480 g/mol. The summed E-state index contributed by atoms with van der Waals surface area (Å²) in [6.07, 6.45) is -71.3. The molecule has 0 aromatic carbocycles. The van der Waals surface area contributed by atoms with Crippen molar-refractivity contribution in [3.8, 4) is 0 Å². The Morgan fingerprint density at radius 2 is 0.554 bits per heavy atom. The molecule has 40 atom stereocenters. The molecule has 0 bridgehead atoms. The van der Waals surface area contributed by atoms with E-state index in [4.69, 9.17) is 71.1 Å². The summed E-state index contributed by atoms with van der Waals surface area (Å²) in [5.74, 6) is -3.23. The van der Waals surface area contributed by atoms with E-state index < -0.39 is 322 Å². The molecular weight excluding hydrogens is 1380 g/mol. The van der Waals surface area contributed by atoms with E-state index >= 15 is 0 Å². The molecule has 0 spiro atoms. The minimum atomic E-state index is -2.50. The number of rotatable bonds is 26. The van der Waals surface area contributed by atoms with Crippen LogP contribution in [0.1, 0.15) is 34.6 Å². The molecule has 8 fully saturated rings. The molecule has 0 aromatic rings. The third-order valence-electron chi connectivity index (χ3n) is 18.5. The molecule has 17 unspecified atom stereocenters. The van der Waals surface area contributed by atoms with Gasteiger partial charge in [0, 0.05) is 27.7 Å². The average molecular weight is 1480 g/mol. The number of hydrogen-bond acceptors (Lipinski definition) is 40. The van der Waals surface area contributed by atoms with Crippen LogP contribution in [0.2, 0.25) is 0 Å². The van der Waals surface area contributed by atoms with E-state index in [0.29, 0.717) is 0 Å². The van der Waals surface area contributed by atoms with Gasteiger partial charge in [0.2, 0.25) is 23.6 Å². The molecule has 8 rings (SSSR count). The second-order valence-electron chi connectivity index (χ2n) is 25.7. The minimum absolute atomic E-state index is 0.610. The second-order valence-corrected chi connectivity index (χ2v) is 25.7. The summed E-state index contributed by atoms with van der Waals surface area (Å²) in [5.41, 5.74) is 0. The molecule has 0 saturated carbocycles. The van der Waals surface area contributed by atoms with E-state index in [1.54, 1.807) is 0 Å². The Morgan fingerprint density at radius 1 is 0.267 bits per heavy atom. The van der Waals surface area contributed by atoms with Gasteiger partial charge in [-0.15, -0.1) is 0 Å². The van der Waals surface area contributed by atoms with E-state index in [-0.39, 0.29) is 0 Å². The van der Waals surface area contributed by atoms with Gasteiger partial charge in [-0.1, -0.05) is 0 Å². The van der Waals surface area contributed by atoms with Gasteiger partial charge in [0.1, 0.15) is 189 Å². The summed E-state index contributed by atoms with van der Waals surface area (Å²) < 4.78 is 89.4. The molecule has 25 N–H and O–H groups in total. The van der Waals surface area contributed by atoms with Crippen molar-refractivity contribution < 1.29 is 197 Å². The summed E-state index contributed by atoms with van der Waals surface area (Å²) in [6, 6.07) is -6.61. The zero-order valence-electron chi connectivity index (χ0n) is 54.9. The van der Waals surface area contributed by atoms with Crippen molar-refractivity contribution in [3.63, 3.8) is 0 Å². The fourth-order valence-electron chi connectivity index (χ4n) is 13.2. The van der Waals surface area contributed by atoms with Crippen LogP contribution in [0.4, 0.5) is 0 Å². The third-order valence-corrected chi connectivity index (χ3v) is 18.5. The predicted molar refractivity (Wildman–Crippen MR) is 314 cm³/mol. The van der Waals surface area contributed by atoms with Crippen LogP contribution in [0, 0.1) is 0 Å². The molecular formula is C57H96N4O40. The largest absolute Gasteiger partial charge is 0.394 e. The predicted octanol–water partition coefficient (Wildman–Crippen LogP) is -16.8. The Balaban J connectivity index is 1.14. The quantitative estimate of drug-likeness (QED) is 0.0382. The molecule has 0 aliphatic carbocycles. The Labute approximate surface area is 573 Å². The maximum Gasteiger partial charge on any atom is 0.217 e. The lowest BCUT2D eigenvalue weighted by molar-refractivity contribution is -0.398. The first-order chi connectivity index (χ1) is 47.8. The van der Waals surface area contributed by atoms with E-state index in [0.717, 1.165) is 27.7 Å². The standard InChI is InChI=1S/C57H96N4O40/c1-14-27(58-15(2)69)37(79)45(23(10-66)88-14)96-52-29(60-17(4)71)38(80)47(25(12-68)93-52)98-55-44(86)48(35(77)26(95-55)13-87-56-49(41(83)33(75)21(8-64)91-56)100-51-28(59-16(3)70)36(78)31(73)19(6-62)89-51)99-57-50(42(84)34(76)22(9-65)92-57)101-53-30(61-18(5)72)39(81)46(24(11-67)94-53)97-54-43(85)40(82)32(74)20(7-63)90-54/h14,19-57,62-68,73-86H,6-13H2,1-5H3,(H,58,69)(H,59,70)(H,60,71)(H,61,72)/t14-,19+,20?,21?,22?,23?,24?,25?,26?,27?,28?,29?,30?,31+,32-,33-,34-,35-,36?,37+,38+,39+,40-,41-,42?,43?,44?,45-,46-,47-,48-,49?,50?,51+,52-,53-,54-,55-,56+,57-/m0/s1. The highest BCUT2D eigenvalue weighted by Crippen LogP contribution is 2.39. The smallest absolute Gasteiger partial charge is 0.217 e. The van der Waals surface area contributed by atoms with E-state index in [1.165, 1.54) is 6.92 Å². The van der Waals surface area contributed by atoms with Gasteiger partial charge in [-0.25, -0.2) is 0 Å². The summed E-state index contributed by atoms with van der Waals surface area (Å²) in [6.45, 7) is -2.66. The molecule has 8 heterocycles. The Bertz CT molecular complexity index is 2640. The lowest BCUT2D eigenvalue weighted by Crippen LogP contribution is -2.71. The maximum atomic E-state index is 12.9. The number of carbonyl (C=O) groups excluding carboxylic acids is 4. The van der Waals surface area contributed by atoms with Crippen molar-refractivity contribution in [3.05, 3.63) is 0 Å². The van der Waals surface area contributed by atoms with Crippen LogP contribution < -0.4 is 21.3 Å². The number of aliphatic hydroxyl groups is 21. The zero-order valence-corrected chi connectivity index (χ0v) is 54.9. The SMILES string of the molecule is CC(=O)NC1C(O)[C@H](O)[C@@H](CO)O[C@@H]1OC1[C@H](OCC2O[C@@H](O[C@H]3C(CO)O[C@@H](O[C@H]4C(CO)O[C@@H](C)C(NC(C)=O)[C@H]4O)C(NC(C)=O)[C@H]3O)C(O)[C@@H](O[C@@H]3OC(CO)[C@H](O)C(O)C3O[C@@H]3OC(CO)[C@H](O[C@@H]4OC(CO)[C@H](O)[C@H](O)C4O)[C@H](O)C3NC(C)=O)[C@H]2O)OC(CO)[C@H](O)[C@@H]1O. The van der Waals surface area contributed by atoms with Gasteiger partial charge < -0.3 is 200 Å². The summed E-state index contributed by atoms with van der Waals surface area (Å²) in [7, 11) is 0. The fourth-order valence-corrected chi connectivity index (χ4v) is 13.2. The Hall–Kier alpha value is -3.56. The van der Waals surface area contributed by atoms with Crippen LogP contribution in [-0.4, -0.2) is 429 Å².